The number of nitrogens with one attached hydrogen (secondary N) is 3. The number of anilines is 5. The highest BCUT2D eigenvalue weighted by Crippen LogP contribution is 2.43. The SMILES string of the molecule is CONC(=O)c1c(Nc2ccc(C3CC3)cc2N(C)[S+](C)[O-])cc(Nc2cccc(F)n2)nc1C. The first-order valence-corrected chi connectivity index (χ1v) is 12.5. The molecule has 184 valence electrons. The third kappa shape index (κ3) is 5.81. The Hall–Kier alpha value is -3.41. The molecular weight excluding hydrogens is 471 g/mol. The Labute approximate surface area is 206 Å². The van der Waals surface area contributed by atoms with Crippen molar-refractivity contribution in [1.82, 2.24) is 15.4 Å². The number of carbonyl (C=O) groups is 1. The lowest BCUT2D eigenvalue weighted by Gasteiger charge is -2.24. The number of aromatic nitrogens is 2. The summed E-state index contributed by atoms with van der Waals surface area (Å²) in [6, 6.07) is 12.0. The summed E-state index contributed by atoms with van der Waals surface area (Å²) in [4.78, 5) is 25.9. The van der Waals surface area contributed by atoms with Gasteiger partial charge in [0.2, 0.25) is 5.95 Å². The molecule has 1 aliphatic rings. The van der Waals surface area contributed by atoms with E-state index in [0.29, 0.717) is 28.8 Å². The van der Waals surface area contributed by atoms with Gasteiger partial charge in [-0.05, 0) is 55.5 Å². The van der Waals surface area contributed by atoms with Crippen molar-refractivity contribution < 1.29 is 18.6 Å². The Bertz CT molecular complexity index is 1240. The number of hydrogen-bond donors (Lipinski definition) is 3. The minimum absolute atomic E-state index is 0.266. The van der Waals surface area contributed by atoms with Gasteiger partial charge >= 0.3 is 0 Å². The molecule has 1 unspecified atom stereocenters. The number of nitrogens with zero attached hydrogens (tertiary/aromatic N) is 3. The van der Waals surface area contributed by atoms with Gasteiger partial charge in [-0.25, -0.2) is 15.4 Å². The normalized spacial score (nSPS) is 13.8. The Morgan fingerprint density at radius 1 is 1.14 bits per heavy atom. The molecule has 1 atom stereocenters. The summed E-state index contributed by atoms with van der Waals surface area (Å²) in [6.07, 6.45) is 3.88. The van der Waals surface area contributed by atoms with E-state index in [2.05, 4.69) is 26.1 Å². The fourth-order valence-electron chi connectivity index (χ4n) is 3.74. The van der Waals surface area contributed by atoms with Crippen LogP contribution in [0.3, 0.4) is 0 Å². The number of pyridine rings is 2. The second kappa shape index (κ2) is 10.5. The largest absolute Gasteiger partial charge is 0.593 e. The van der Waals surface area contributed by atoms with Crippen LogP contribution >= 0.6 is 0 Å². The van der Waals surface area contributed by atoms with Gasteiger partial charge in [0, 0.05) is 6.07 Å². The summed E-state index contributed by atoms with van der Waals surface area (Å²) < 4.78 is 27.6. The summed E-state index contributed by atoms with van der Waals surface area (Å²) in [6.45, 7) is 1.68. The third-order valence-electron chi connectivity index (χ3n) is 5.66. The highest BCUT2D eigenvalue weighted by atomic mass is 32.2. The molecule has 9 nitrogen and oxygen atoms in total. The van der Waals surface area contributed by atoms with Crippen LogP contribution in [0.5, 0.6) is 0 Å². The van der Waals surface area contributed by atoms with Crippen molar-refractivity contribution in [3.8, 4) is 0 Å². The first-order valence-electron chi connectivity index (χ1n) is 11.0. The van der Waals surface area contributed by atoms with Crippen LogP contribution in [-0.2, 0) is 16.2 Å². The van der Waals surface area contributed by atoms with Crippen LogP contribution in [0, 0.1) is 12.9 Å². The molecule has 1 aromatic carbocycles. The predicted octanol–water partition coefficient (Wildman–Crippen LogP) is 4.31. The molecule has 3 N–H and O–H groups in total. The second-order valence-electron chi connectivity index (χ2n) is 8.22. The Morgan fingerprint density at radius 3 is 2.57 bits per heavy atom. The van der Waals surface area contributed by atoms with E-state index in [1.54, 1.807) is 36.7 Å². The first-order chi connectivity index (χ1) is 16.8. The fourth-order valence-corrected chi connectivity index (χ4v) is 4.17. The average molecular weight is 499 g/mol. The number of hydroxylamine groups is 1. The average Bonchev–Trinajstić information content (AvgIpc) is 3.64. The molecule has 1 aliphatic carbocycles. The number of halogens is 1. The van der Waals surface area contributed by atoms with E-state index >= 15 is 0 Å². The van der Waals surface area contributed by atoms with Crippen molar-refractivity contribution in [3.63, 3.8) is 0 Å². The minimum Gasteiger partial charge on any atom is -0.593 e. The molecule has 3 aromatic rings. The number of benzene rings is 1. The Morgan fingerprint density at radius 2 is 1.91 bits per heavy atom. The van der Waals surface area contributed by atoms with E-state index in [-0.39, 0.29) is 11.4 Å². The van der Waals surface area contributed by atoms with E-state index < -0.39 is 23.2 Å². The lowest BCUT2D eigenvalue weighted by molar-refractivity contribution is 0.0537. The zero-order chi connectivity index (χ0) is 25.1. The van der Waals surface area contributed by atoms with Gasteiger partial charge in [-0.3, -0.25) is 9.63 Å². The van der Waals surface area contributed by atoms with Crippen molar-refractivity contribution >= 4 is 46.0 Å². The monoisotopic (exact) mass is 498 g/mol. The molecule has 0 spiro atoms. The van der Waals surface area contributed by atoms with Crippen molar-refractivity contribution in [2.75, 3.05) is 35.4 Å². The maximum atomic E-state index is 13.6. The van der Waals surface area contributed by atoms with Gasteiger partial charge < -0.3 is 15.2 Å². The van der Waals surface area contributed by atoms with Crippen LogP contribution in [0.1, 0.15) is 40.4 Å². The summed E-state index contributed by atoms with van der Waals surface area (Å²) >= 11 is -1.26. The topological polar surface area (TPSA) is 114 Å². The van der Waals surface area contributed by atoms with Crippen LogP contribution < -0.4 is 20.4 Å². The summed E-state index contributed by atoms with van der Waals surface area (Å²) in [5, 5.41) is 6.29. The van der Waals surface area contributed by atoms with Crippen molar-refractivity contribution in [2.24, 2.45) is 0 Å². The van der Waals surface area contributed by atoms with E-state index in [0.717, 1.165) is 18.5 Å². The molecule has 0 saturated heterocycles. The maximum Gasteiger partial charge on any atom is 0.278 e. The quantitative estimate of drug-likeness (QED) is 0.227. The van der Waals surface area contributed by atoms with E-state index in [1.807, 2.05) is 18.2 Å². The molecular formula is C24H27FN6O3S. The van der Waals surface area contributed by atoms with Gasteiger partial charge in [0.25, 0.3) is 5.91 Å². The molecule has 2 heterocycles. The van der Waals surface area contributed by atoms with Crippen LogP contribution in [0.2, 0.25) is 0 Å². The first kappa shape index (κ1) is 24.7. The predicted molar refractivity (Wildman–Crippen MR) is 135 cm³/mol. The van der Waals surface area contributed by atoms with Crippen LogP contribution in [0.25, 0.3) is 0 Å². The molecule has 1 amide bonds. The van der Waals surface area contributed by atoms with Gasteiger partial charge in [0.15, 0.2) is 0 Å². The molecule has 1 fully saturated rings. The van der Waals surface area contributed by atoms with Crippen molar-refractivity contribution in [1.29, 1.82) is 0 Å². The number of carbonyl (C=O) groups excluding carboxylic acids is 1. The molecule has 1 saturated carbocycles. The number of hydrogen-bond acceptors (Lipinski definition) is 8. The maximum absolute atomic E-state index is 13.6. The van der Waals surface area contributed by atoms with E-state index in [1.165, 1.54) is 24.8 Å². The highest BCUT2D eigenvalue weighted by Gasteiger charge is 2.27. The lowest BCUT2D eigenvalue weighted by Crippen LogP contribution is -2.26. The molecule has 4 rings (SSSR count). The zero-order valence-electron chi connectivity index (χ0n) is 19.9. The summed E-state index contributed by atoms with van der Waals surface area (Å²) in [5.41, 5.74) is 6.03. The van der Waals surface area contributed by atoms with Crippen LogP contribution in [-0.4, -0.2) is 40.8 Å². The van der Waals surface area contributed by atoms with E-state index in [4.69, 9.17) is 4.84 Å². The van der Waals surface area contributed by atoms with Crippen LogP contribution in [0.4, 0.5) is 33.1 Å². The number of aryl methyl sites for hydroxylation is 1. The minimum atomic E-state index is -1.26. The Kier molecular flexibility index (Phi) is 7.39. The third-order valence-corrected chi connectivity index (χ3v) is 6.63. The van der Waals surface area contributed by atoms with Crippen molar-refractivity contribution in [3.05, 3.63) is 65.2 Å². The smallest absolute Gasteiger partial charge is 0.278 e. The Balaban J connectivity index is 1.77. The molecule has 0 aliphatic heterocycles. The highest BCUT2D eigenvalue weighted by molar-refractivity contribution is 7.92. The standard InChI is InChI=1S/C24H27FN6O3S/c1-14-23(24(32)30-34-3)18(13-22(26-14)29-21-7-5-6-20(25)28-21)27-17-11-10-16(15-8-9-15)12-19(17)31(2)35(4)33/h5-7,10-13,15H,8-9H2,1-4H3,(H,30,32)(H2,26,27,28,29). The molecule has 0 bridgehead atoms. The molecule has 11 heteroatoms. The van der Waals surface area contributed by atoms with Crippen LogP contribution in [0.15, 0.2) is 42.5 Å². The molecule has 0 radical (unpaired) electrons. The van der Waals surface area contributed by atoms with Gasteiger partial charge in [0.05, 0.1) is 48.2 Å². The second-order valence-corrected chi connectivity index (χ2v) is 9.61. The zero-order valence-corrected chi connectivity index (χ0v) is 20.7. The number of amides is 1. The van der Waals surface area contributed by atoms with Gasteiger partial charge in [0.1, 0.15) is 23.6 Å². The molecule has 35 heavy (non-hydrogen) atoms. The summed E-state index contributed by atoms with van der Waals surface area (Å²) in [5.74, 6) is 0.0339. The van der Waals surface area contributed by atoms with Gasteiger partial charge in [-0.1, -0.05) is 12.1 Å². The van der Waals surface area contributed by atoms with Crippen molar-refractivity contribution in [2.45, 2.75) is 25.7 Å². The number of rotatable bonds is 9. The summed E-state index contributed by atoms with van der Waals surface area (Å²) in [7, 11) is 3.10. The van der Waals surface area contributed by atoms with Gasteiger partial charge in [-0.2, -0.15) is 8.70 Å². The van der Waals surface area contributed by atoms with E-state index in [9.17, 15) is 13.7 Å². The lowest BCUT2D eigenvalue weighted by atomic mass is 10.1. The fraction of sp³-hybridized carbons (Fsp3) is 0.292. The molecule has 2 aromatic heterocycles. The van der Waals surface area contributed by atoms with Gasteiger partial charge in [-0.15, -0.1) is 0 Å².